The molecule has 10 heteroatoms. The zero-order valence-electron chi connectivity index (χ0n) is 18.5. The van der Waals surface area contributed by atoms with E-state index in [9.17, 15) is 22.0 Å². The number of sulfone groups is 1. The van der Waals surface area contributed by atoms with Crippen molar-refractivity contribution < 1.29 is 31.8 Å². The summed E-state index contributed by atoms with van der Waals surface area (Å²) in [7, 11) is -2.41. The summed E-state index contributed by atoms with van der Waals surface area (Å²) in [6, 6.07) is 12.2. The SMILES string of the molecule is COc1cc(S(=O)(=O)Cc2ccc(CO)cc2)ccc1NC(=O)NC(C)c1c(F)cccc1F. The number of ether oxygens (including phenoxy) is 1. The minimum atomic E-state index is -3.73. The number of carbonyl (C=O) groups is 1. The van der Waals surface area contributed by atoms with Crippen molar-refractivity contribution in [3.05, 3.63) is 89.0 Å². The fraction of sp³-hybridized carbons (Fsp3) is 0.208. The molecular formula is C24H24F2N2O5S. The van der Waals surface area contributed by atoms with Gasteiger partial charge in [-0.3, -0.25) is 0 Å². The zero-order valence-corrected chi connectivity index (χ0v) is 19.3. The van der Waals surface area contributed by atoms with E-state index in [2.05, 4.69) is 10.6 Å². The molecular weight excluding hydrogens is 466 g/mol. The summed E-state index contributed by atoms with van der Waals surface area (Å²) in [6.07, 6.45) is 0. The molecule has 0 aliphatic heterocycles. The lowest BCUT2D eigenvalue weighted by Crippen LogP contribution is -2.32. The monoisotopic (exact) mass is 490 g/mol. The van der Waals surface area contributed by atoms with E-state index in [1.54, 1.807) is 24.3 Å². The molecule has 0 saturated heterocycles. The number of methoxy groups -OCH3 is 1. The molecule has 0 radical (unpaired) electrons. The van der Waals surface area contributed by atoms with Crippen molar-refractivity contribution in [3.8, 4) is 5.75 Å². The summed E-state index contributed by atoms with van der Waals surface area (Å²) in [5, 5.41) is 14.1. The first-order valence-electron chi connectivity index (χ1n) is 10.3. The zero-order chi connectivity index (χ0) is 24.9. The summed E-state index contributed by atoms with van der Waals surface area (Å²) in [5.41, 5.74) is 1.11. The van der Waals surface area contributed by atoms with Gasteiger partial charge in [0.25, 0.3) is 0 Å². The minimum Gasteiger partial charge on any atom is -0.495 e. The first-order chi connectivity index (χ1) is 16.1. The number of aliphatic hydroxyl groups is 1. The standard InChI is InChI=1S/C24H24F2N2O5S/c1-15(23-19(25)4-3-5-20(23)26)27-24(30)28-21-11-10-18(12-22(21)33-2)34(31,32)14-17-8-6-16(13-29)7-9-17/h3-12,15,29H,13-14H2,1-2H3,(H2,27,28,30). The van der Waals surface area contributed by atoms with E-state index < -0.39 is 33.5 Å². The highest BCUT2D eigenvalue weighted by Crippen LogP contribution is 2.29. The van der Waals surface area contributed by atoms with Gasteiger partial charge in [-0.25, -0.2) is 22.0 Å². The van der Waals surface area contributed by atoms with E-state index >= 15 is 0 Å². The second-order valence-electron chi connectivity index (χ2n) is 7.55. The number of anilines is 1. The van der Waals surface area contributed by atoms with Crippen molar-refractivity contribution >= 4 is 21.6 Å². The van der Waals surface area contributed by atoms with Crippen molar-refractivity contribution in [1.29, 1.82) is 0 Å². The fourth-order valence-corrected chi connectivity index (χ4v) is 4.72. The van der Waals surface area contributed by atoms with Gasteiger partial charge in [-0.1, -0.05) is 30.3 Å². The summed E-state index contributed by atoms with van der Waals surface area (Å²) < 4.78 is 58.8. The number of carbonyl (C=O) groups excluding carboxylic acids is 1. The maximum Gasteiger partial charge on any atom is 0.319 e. The number of nitrogens with one attached hydrogen (secondary N) is 2. The average molecular weight is 491 g/mol. The van der Waals surface area contributed by atoms with Crippen LogP contribution in [0.1, 0.15) is 29.7 Å². The van der Waals surface area contributed by atoms with Crippen LogP contribution in [-0.4, -0.2) is 26.7 Å². The van der Waals surface area contributed by atoms with Gasteiger partial charge in [0.2, 0.25) is 0 Å². The first-order valence-corrected chi connectivity index (χ1v) is 11.9. The van der Waals surface area contributed by atoms with Crippen molar-refractivity contribution in [2.24, 2.45) is 0 Å². The molecule has 180 valence electrons. The fourth-order valence-electron chi connectivity index (χ4n) is 3.36. The predicted octanol–water partition coefficient (Wildman–Crippen LogP) is 4.32. The Kier molecular flexibility index (Phi) is 7.85. The Morgan fingerprint density at radius 1 is 1.03 bits per heavy atom. The topological polar surface area (TPSA) is 105 Å². The van der Waals surface area contributed by atoms with E-state index in [-0.39, 0.29) is 34.3 Å². The Bertz CT molecular complexity index is 1260. The number of rotatable bonds is 8. The Hall–Kier alpha value is -3.50. The lowest BCUT2D eigenvalue weighted by molar-refractivity contribution is 0.248. The lowest BCUT2D eigenvalue weighted by atomic mass is 10.1. The minimum absolute atomic E-state index is 0.0108. The number of amides is 2. The van der Waals surface area contributed by atoms with Crippen molar-refractivity contribution in [2.75, 3.05) is 12.4 Å². The quantitative estimate of drug-likeness (QED) is 0.436. The van der Waals surface area contributed by atoms with Gasteiger partial charge >= 0.3 is 6.03 Å². The highest BCUT2D eigenvalue weighted by Gasteiger charge is 2.21. The molecule has 1 unspecified atom stereocenters. The number of benzene rings is 3. The average Bonchev–Trinajstić information content (AvgIpc) is 2.79. The molecule has 0 saturated carbocycles. The largest absolute Gasteiger partial charge is 0.495 e. The number of hydrogen-bond acceptors (Lipinski definition) is 5. The van der Waals surface area contributed by atoms with Crippen molar-refractivity contribution in [2.45, 2.75) is 30.2 Å². The van der Waals surface area contributed by atoms with Gasteiger partial charge in [0.05, 0.1) is 36.1 Å². The molecule has 1 atom stereocenters. The Morgan fingerprint density at radius 2 is 1.65 bits per heavy atom. The summed E-state index contributed by atoms with van der Waals surface area (Å²) in [5.74, 6) is -1.74. The number of aliphatic hydroxyl groups excluding tert-OH is 1. The van der Waals surface area contributed by atoms with Crippen LogP contribution in [0, 0.1) is 11.6 Å². The van der Waals surface area contributed by atoms with E-state index in [1.165, 1.54) is 38.3 Å². The maximum absolute atomic E-state index is 13.9. The highest BCUT2D eigenvalue weighted by atomic mass is 32.2. The molecule has 0 spiro atoms. The first kappa shape index (κ1) is 25.1. The van der Waals surface area contributed by atoms with E-state index in [1.807, 2.05) is 0 Å². The second-order valence-corrected chi connectivity index (χ2v) is 9.54. The third-order valence-corrected chi connectivity index (χ3v) is 6.81. The Morgan fingerprint density at radius 3 is 2.24 bits per heavy atom. The van der Waals surface area contributed by atoms with Gasteiger partial charge in [0.15, 0.2) is 9.84 Å². The summed E-state index contributed by atoms with van der Waals surface area (Å²) >= 11 is 0. The maximum atomic E-state index is 13.9. The van der Waals surface area contributed by atoms with E-state index in [0.717, 1.165) is 12.1 Å². The van der Waals surface area contributed by atoms with Crippen LogP contribution < -0.4 is 15.4 Å². The normalized spacial score (nSPS) is 12.1. The molecule has 3 aromatic rings. The molecule has 0 aliphatic carbocycles. The van der Waals surface area contributed by atoms with Gasteiger partial charge in [0, 0.05) is 11.6 Å². The predicted molar refractivity (Wildman–Crippen MR) is 123 cm³/mol. The van der Waals surface area contributed by atoms with Crippen LogP contribution in [0.15, 0.2) is 65.6 Å². The number of urea groups is 1. The van der Waals surface area contributed by atoms with Crippen LogP contribution in [0.4, 0.5) is 19.3 Å². The van der Waals surface area contributed by atoms with Crippen LogP contribution in [-0.2, 0) is 22.2 Å². The molecule has 0 aromatic heterocycles. The molecule has 0 bridgehead atoms. The molecule has 7 nitrogen and oxygen atoms in total. The number of halogens is 2. The molecule has 3 N–H and O–H groups in total. The third-order valence-electron chi connectivity index (χ3n) is 5.12. The third kappa shape index (κ3) is 5.89. The highest BCUT2D eigenvalue weighted by molar-refractivity contribution is 7.90. The van der Waals surface area contributed by atoms with Crippen LogP contribution in [0.25, 0.3) is 0 Å². The molecule has 0 aliphatic rings. The van der Waals surface area contributed by atoms with Crippen LogP contribution in [0.2, 0.25) is 0 Å². The van der Waals surface area contributed by atoms with Crippen molar-refractivity contribution in [1.82, 2.24) is 5.32 Å². The Balaban J connectivity index is 1.74. The van der Waals surface area contributed by atoms with Crippen LogP contribution in [0.3, 0.4) is 0 Å². The summed E-state index contributed by atoms with van der Waals surface area (Å²) in [6.45, 7) is 1.29. The molecule has 0 fully saturated rings. The molecule has 2 amide bonds. The van der Waals surface area contributed by atoms with Gasteiger partial charge in [-0.15, -0.1) is 0 Å². The molecule has 34 heavy (non-hydrogen) atoms. The Labute approximate surface area is 196 Å². The smallest absolute Gasteiger partial charge is 0.319 e. The second kappa shape index (κ2) is 10.6. The molecule has 0 heterocycles. The van der Waals surface area contributed by atoms with E-state index in [4.69, 9.17) is 9.84 Å². The van der Waals surface area contributed by atoms with Crippen molar-refractivity contribution in [3.63, 3.8) is 0 Å². The summed E-state index contributed by atoms with van der Waals surface area (Å²) in [4.78, 5) is 12.4. The lowest BCUT2D eigenvalue weighted by Gasteiger charge is -2.17. The van der Waals surface area contributed by atoms with Crippen LogP contribution >= 0.6 is 0 Å². The molecule has 3 rings (SSSR count). The van der Waals surface area contributed by atoms with Gasteiger partial charge < -0.3 is 20.5 Å². The number of hydrogen-bond donors (Lipinski definition) is 3. The molecule has 3 aromatic carbocycles. The van der Waals surface area contributed by atoms with Crippen LogP contribution in [0.5, 0.6) is 5.75 Å². The van der Waals surface area contributed by atoms with E-state index in [0.29, 0.717) is 11.1 Å². The van der Waals surface area contributed by atoms with Gasteiger partial charge in [-0.2, -0.15) is 0 Å². The van der Waals surface area contributed by atoms with Gasteiger partial charge in [-0.05, 0) is 42.3 Å². The van der Waals surface area contributed by atoms with Gasteiger partial charge in [0.1, 0.15) is 17.4 Å².